The van der Waals surface area contributed by atoms with Crippen molar-refractivity contribution in [2.24, 2.45) is 0 Å². The highest BCUT2D eigenvalue weighted by Crippen LogP contribution is 2.40. The minimum absolute atomic E-state index is 0.0586. The van der Waals surface area contributed by atoms with Gasteiger partial charge in [-0.2, -0.15) is 0 Å². The van der Waals surface area contributed by atoms with Gasteiger partial charge in [0.15, 0.2) is 8.32 Å². The van der Waals surface area contributed by atoms with Crippen LogP contribution < -0.4 is 15.4 Å². The zero-order valence-electron chi connectivity index (χ0n) is 31.0. The number of amides is 1. The van der Waals surface area contributed by atoms with E-state index in [4.69, 9.17) is 4.43 Å². The van der Waals surface area contributed by atoms with Crippen LogP contribution in [0.1, 0.15) is 63.0 Å². The summed E-state index contributed by atoms with van der Waals surface area (Å²) in [5.41, 5.74) is 5.43. The quantitative estimate of drug-likeness (QED) is 0.0625. The van der Waals surface area contributed by atoms with Crippen LogP contribution in [0.3, 0.4) is 0 Å². The predicted molar refractivity (Wildman–Crippen MR) is 209 cm³/mol. The molecule has 4 aromatic rings. The molecule has 0 unspecified atom stereocenters. The molecule has 4 rings (SSSR count). The van der Waals surface area contributed by atoms with Crippen molar-refractivity contribution in [2.45, 2.75) is 83.8 Å². The number of sulfonamides is 1. The second kappa shape index (κ2) is 16.0. The Labute approximate surface area is 304 Å². The van der Waals surface area contributed by atoms with E-state index < -0.39 is 24.4 Å². The molecule has 0 bridgehead atoms. The third kappa shape index (κ3) is 12.0. The second-order valence-corrected chi connectivity index (χ2v) is 22.0. The van der Waals surface area contributed by atoms with Crippen molar-refractivity contribution in [3.63, 3.8) is 0 Å². The van der Waals surface area contributed by atoms with Gasteiger partial charge in [0.25, 0.3) is 0 Å². The molecule has 0 aliphatic carbocycles. The van der Waals surface area contributed by atoms with Crippen LogP contribution in [0, 0.1) is 0 Å². The number of carbonyl (C=O) groups excluding carboxylic acids is 1. The molecule has 5 N–H and O–H groups in total. The molecular weight excluding hydrogens is 679 g/mol. The Bertz CT molecular complexity index is 1920. The number of rotatable bonds is 15. The van der Waals surface area contributed by atoms with E-state index in [2.05, 4.69) is 75.2 Å². The predicted octanol–water partition coefficient (Wildman–Crippen LogP) is 7.67. The first-order valence-corrected chi connectivity index (χ1v) is 22.0. The van der Waals surface area contributed by atoms with Crippen LogP contribution in [0.2, 0.25) is 18.1 Å². The third-order valence-corrected chi connectivity index (χ3v) is 14.4. The Morgan fingerprint density at radius 3 is 2.14 bits per heavy atom. The minimum Gasteiger partial charge on any atom is -0.508 e. The van der Waals surface area contributed by atoms with E-state index in [0.717, 1.165) is 39.6 Å². The topological polar surface area (TPSA) is 137 Å². The highest BCUT2D eigenvalue weighted by molar-refractivity contribution is 7.92. The fourth-order valence-electron chi connectivity index (χ4n) is 5.54. The van der Waals surface area contributed by atoms with Crippen LogP contribution in [0.15, 0.2) is 91.0 Å². The highest BCUT2D eigenvalue weighted by atomic mass is 32.2. The summed E-state index contributed by atoms with van der Waals surface area (Å²) in [6, 6.07) is 28.0. The van der Waals surface area contributed by atoms with Gasteiger partial charge >= 0.3 is 0 Å². The Morgan fingerprint density at radius 2 is 1.49 bits per heavy atom. The number of hydrogen-bond acceptors (Lipinski definition) is 7. The van der Waals surface area contributed by atoms with Gasteiger partial charge in [-0.15, -0.1) is 0 Å². The maximum absolute atomic E-state index is 12.9. The van der Waals surface area contributed by atoms with Crippen molar-refractivity contribution in [1.82, 2.24) is 10.6 Å². The van der Waals surface area contributed by atoms with E-state index in [9.17, 15) is 23.4 Å². The van der Waals surface area contributed by atoms with Crippen LogP contribution in [-0.2, 0) is 38.6 Å². The molecule has 0 aliphatic rings. The summed E-state index contributed by atoms with van der Waals surface area (Å²) in [5, 5.41) is 26.8. The first-order valence-electron chi connectivity index (χ1n) is 17.2. The van der Waals surface area contributed by atoms with E-state index in [1.165, 1.54) is 6.07 Å². The molecule has 0 aromatic heterocycles. The summed E-state index contributed by atoms with van der Waals surface area (Å²) in [4.78, 5) is 12.9. The van der Waals surface area contributed by atoms with Gasteiger partial charge in [-0.3, -0.25) is 9.52 Å². The molecule has 9 nitrogen and oxygen atoms in total. The second-order valence-electron chi connectivity index (χ2n) is 15.5. The number of nitrogens with one attached hydrogen (secondary N) is 3. The van der Waals surface area contributed by atoms with Crippen LogP contribution in [0.5, 0.6) is 11.5 Å². The van der Waals surface area contributed by atoms with Crippen molar-refractivity contribution in [3.05, 3.63) is 113 Å². The number of hydrogen-bond donors (Lipinski definition) is 5. The zero-order chi connectivity index (χ0) is 37.6. The van der Waals surface area contributed by atoms with Crippen molar-refractivity contribution < 1.29 is 27.9 Å². The summed E-state index contributed by atoms with van der Waals surface area (Å²) >= 11 is 0. The lowest BCUT2D eigenvalue weighted by atomic mass is 9.93. The largest absolute Gasteiger partial charge is 0.508 e. The van der Waals surface area contributed by atoms with Crippen LogP contribution in [0.25, 0.3) is 11.1 Å². The normalized spacial score (nSPS) is 13.1. The lowest BCUT2D eigenvalue weighted by molar-refractivity contribution is -0.120. The summed E-state index contributed by atoms with van der Waals surface area (Å²) in [7, 11) is -5.86. The maximum Gasteiger partial charge on any atom is 0.229 e. The van der Waals surface area contributed by atoms with Crippen molar-refractivity contribution in [2.75, 3.05) is 17.5 Å². The Balaban J connectivity index is 1.39. The Morgan fingerprint density at radius 1 is 0.824 bits per heavy atom. The zero-order valence-corrected chi connectivity index (χ0v) is 32.8. The number of anilines is 1. The van der Waals surface area contributed by atoms with E-state index in [1.807, 2.05) is 48.5 Å². The van der Waals surface area contributed by atoms with E-state index in [1.54, 1.807) is 24.3 Å². The van der Waals surface area contributed by atoms with E-state index in [0.29, 0.717) is 19.5 Å². The fraction of sp³-hybridized carbons (Fsp3) is 0.375. The highest BCUT2D eigenvalue weighted by Gasteiger charge is 2.40. The molecule has 0 heterocycles. The van der Waals surface area contributed by atoms with Crippen molar-refractivity contribution in [1.29, 1.82) is 0 Å². The van der Waals surface area contributed by atoms with Crippen molar-refractivity contribution >= 4 is 29.9 Å². The summed E-state index contributed by atoms with van der Waals surface area (Å²) < 4.78 is 33.2. The Hall–Kier alpha value is -4.16. The number of benzene rings is 4. The average Bonchev–Trinajstić information content (AvgIpc) is 3.02. The Kier molecular flexibility index (Phi) is 12.4. The van der Waals surface area contributed by atoms with E-state index >= 15 is 0 Å². The van der Waals surface area contributed by atoms with Gasteiger partial charge in [-0.05, 0) is 96.0 Å². The minimum atomic E-state index is -3.60. The lowest BCUT2D eigenvalue weighted by Crippen LogP contribution is -2.47. The van der Waals surface area contributed by atoms with Crippen LogP contribution in [-0.4, -0.2) is 51.2 Å². The molecule has 1 atom stereocenters. The van der Waals surface area contributed by atoms with Gasteiger partial charge in [-0.1, -0.05) is 87.5 Å². The first kappa shape index (κ1) is 39.6. The fourth-order valence-corrected chi connectivity index (χ4v) is 7.38. The monoisotopic (exact) mass is 731 g/mol. The molecule has 274 valence electrons. The van der Waals surface area contributed by atoms with Gasteiger partial charge < -0.3 is 25.3 Å². The molecule has 0 saturated heterocycles. The lowest BCUT2D eigenvalue weighted by Gasteiger charge is -2.40. The van der Waals surface area contributed by atoms with Crippen LogP contribution >= 0.6 is 0 Å². The van der Waals surface area contributed by atoms with Gasteiger partial charge in [0.2, 0.25) is 15.9 Å². The molecule has 0 radical (unpaired) electrons. The number of aromatic hydroxyl groups is 2. The SMILES string of the molecule is CC(C)(Cc1cccc(CC(=O)NCc2ccc(-c3cccc(O)c3)cc2)c1)NC[C@@H](O[Si](C)(C)C(C)(C)C)c1ccc(O)c(NS(C)(=O)=O)c1. The molecule has 0 aliphatic heterocycles. The van der Waals surface area contributed by atoms with Gasteiger partial charge in [0.05, 0.1) is 24.5 Å². The van der Waals surface area contributed by atoms with Crippen LogP contribution in [0.4, 0.5) is 5.69 Å². The average molecular weight is 732 g/mol. The molecule has 0 spiro atoms. The summed E-state index contributed by atoms with van der Waals surface area (Å²) in [6.07, 6.45) is 1.60. The molecule has 4 aromatic carbocycles. The molecule has 0 fully saturated rings. The standard InChI is InChI=1S/C40H53N3O6SSi/c1-39(2,3)51(7,8)49-37(33-19-20-36(45)35(24-33)43-50(6,47)48)27-42-40(4,5)25-30-12-9-11-29(21-30)22-38(46)41-26-28-15-17-31(18-16-28)32-13-10-14-34(44)23-32/h9-21,23-24,37,42-45H,22,25-27H2,1-8H3,(H,41,46)/t37-/m1/s1. The summed E-state index contributed by atoms with van der Waals surface area (Å²) in [5.74, 6) is 0.00288. The summed E-state index contributed by atoms with van der Waals surface area (Å²) in [6.45, 7) is 16.0. The van der Waals surface area contributed by atoms with Gasteiger partial charge in [0, 0.05) is 18.6 Å². The van der Waals surface area contributed by atoms with E-state index in [-0.39, 0.29) is 40.1 Å². The first-order chi connectivity index (χ1) is 23.7. The molecular formula is C40H53N3O6SSi. The smallest absolute Gasteiger partial charge is 0.229 e. The molecule has 0 saturated carbocycles. The molecule has 1 amide bonds. The van der Waals surface area contributed by atoms with Gasteiger partial charge in [0.1, 0.15) is 11.5 Å². The number of phenols is 2. The number of carbonyl (C=O) groups is 1. The molecule has 51 heavy (non-hydrogen) atoms. The van der Waals surface area contributed by atoms with Gasteiger partial charge in [-0.25, -0.2) is 8.42 Å². The molecule has 11 heteroatoms. The number of phenolic OH excluding ortho intramolecular Hbond substituents is 2. The van der Waals surface area contributed by atoms with Crippen molar-refractivity contribution in [3.8, 4) is 22.6 Å². The third-order valence-electron chi connectivity index (χ3n) is 9.32. The maximum atomic E-state index is 12.9.